The van der Waals surface area contributed by atoms with E-state index in [1.54, 1.807) is 18.2 Å². The summed E-state index contributed by atoms with van der Waals surface area (Å²) in [5, 5.41) is 1.36. The topological polar surface area (TPSA) is 74.8 Å². The molecule has 0 spiro atoms. The van der Waals surface area contributed by atoms with Crippen molar-refractivity contribution < 1.29 is 31.2 Å². The van der Waals surface area contributed by atoms with E-state index in [1.807, 2.05) is 18.2 Å². The highest BCUT2D eigenvalue weighted by Gasteiger charge is 2.35. The van der Waals surface area contributed by atoms with Gasteiger partial charge in [-0.15, -0.1) is 0 Å². The van der Waals surface area contributed by atoms with Gasteiger partial charge in [-0.3, -0.25) is 9.59 Å². The van der Waals surface area contributed by atoms with Gasteiger partial charge >= 0.3 is 6.18 Å². The van der Waals surface area contributed by atoms with E-state index in [2.05, 4.69) is 0 Å². The van der Waals surface area contributed by atoms with Gasteiger partial charge in [0.2, 0.25) is 15.8 Å². The summed E-state index contributed by atoms with van der Waals surface area (Å²) in [4.78, 5) is 26.4. The van der Waals surface area contributed by atoms with Crippen molar-refractivity contribution in [2.24, 2.45) is 0 Å². The van der Waals surface area contributed by atoms with Gasteiger partial charge in [0, 0.05) is 37.1 Å². The zero-order chi connectivity index (χ0) is 23.8. The Balaban J connectivity index is 1.48. The largest absolute Gasteiger partial charge is 0.416 e. The fourth-order valence-electron chi connectivity index (χ4n) is 3.80. The normalized spacial score (nSPS) is 15.5. The van der Waals surface area contributed by atoms with Crippen LogP contribution in [0, 0.1) is 0 Å². The molecule has 1 aliphatic heterocycles. The van der Waals surface area contributed by atoms with Gasteiger partial charge in [-0.1, -0.05) is 48.5 Å². The van der Waals surface area contributed by atoms with Crippen LogP contribution in [-0.2, 0) is 21.0 Å². The molecule has 0 radical (unpaired) electrons. The minimum Gasteiger partial charge on any atom is -0.333 e. The number of rotatable bonds is 4. The number of sulfonamides is 1. The molecule has 1 amide bonds. The molecule has 1 heterocycles. The maximum Gasteiger partial charge on any atom is 0.416 e. The molecule has 4 rings (SSSR count). The first kappa shape index (κ1) is 22.9. The maximum atomic E-state index is 13.2. The average molecular weight is 476 g/mol. The predicted octanol–water partition coefficient (Wildman–Crippen LogP) is 3.57. The van der Waals surface area contributed by atoms with Crippen LogP contribution in [0.5, 0.6) is 0 Å². The zero-order valence-electron chi connectivity index (χ0n) is 17.2. The number of Topliss-reactive ketones (excluding diaryl/α,β-unsaturated/α-hetero) is 1. The van der Waals surface area contributed by atoms with Gasteiger partial charge in [-0.25, -0.2) is 8.42 Å². The number of ketones is 1. The predicted molar refractivity (Wildman–Crippen MR) is 115 cm³/mol. The Bertz CT molecular complexity index is 1330. The van der Waals surface area contributed by atoms with Crippen molar-refractivity contribution in [1.29, 1.82) is 0 Å². The van der Waals surface area contributed by atoms with Crippen LogP contribution >= 0.6 is 0 Å². The summed E-state index contributed by atoms with van der Waals surface area (Å²) in [5.74, 6) is -2.03. The van der Waals surface area contributed by atoms with Gasteiger partial charge in [0.15, 0.2) is 0 Å². The summed E-state index contributed by atoms with van der Waals surface area (Å²) >= 11 is 0. The van der Waals surface area contributed by atoms with Crippen LogP contribution in [0.15, 0.2) is 71.6 Å². The molecule has 1 saturated heterocycles. The quantitative estimate of drug-likeness (QED) is 0.426. The molecule has 10 heteroatoms. The Hall–Kier alpha value is -3.24. The average Bonchev–Trinajstić information content (AvgIpc) is 2.82. The molecule has 0 bridgehead atoms. The summed E-state index contributed by atoms with van der Waals surface area (Å²) in [6, 6.07) is 15.7. The van der Waals surface area contributed by atoms with Crippen molar-refractivity contribution in [2.45, 2.75) is 11.1 Å². The fraction of sp³-hybridized carbons (Fsp3) is 0.217. The van der Waals surface area contributed by atoms with Crippen LogP contribution in [0.2, 0.25) is 0 Å². The summed E-state index contributed by atoms with van der Waals surface area (Å²) < 4.78 is 66.4. The van der Waals surface area contributed by atoms with Gasteiger partial charge in [-0.05, 0) is 23.6 Å². The lowest BCUT2D eigenvalue weighted by Crippen LogP contribution is -2.52. The number of halogens is 3. The smallest absolute Gasteiger partial charge is 0.333 e. The van der Waals surface area contributed by atoms with Crippen LogP contribution in [-0.4, -0.2) is 55.5 Å². The van der Waals surface area contributed by atoms with E-state index >= 15 is 0 Å². The third-order valence-electron chi connectivity index (χ3n) is 5.54. The van der Waals surface area contributed by atoms with Crippen LogP contribution in [0.1, 0.15) is 15.9 Å². The van der Waals surface area contributed by atoms with Crippen LogP contribution < -0.4 is 0 Å². The first-order chi connectivity index (χ1) is 15.6. The second-order valence-corrected chi connectivity index (χ2v) is 9.49. The van der Waals surface area contributed by atoms with Gasteiger partial charge in [-0.2, -0.15) is 17.5 Å². The lowest BCUT2D eigenvalue weighted by atomic mass is 10.1. The van der Waals surface area contributed by atoms with Crippen LogP contribution in [0.25, 0.3) is 10.8 Å². The fourth-order valence-corrected chi connectivity index (χ4v) is 5.43. The molecular formula is C23H19F3N2O4S. The molecule has 3 aromatic rings. The highest BCUT2D eigenvalue weighted by Crippen LogP contribution is 2.30. The summed E-state index contributed by atoms with van der Waals surface area (Å²) in [6.45, 7) is -0.165. The Labute approximate surface area is 188 Å². The van der Waals surface area contributed by atoms with E-state index in [1.165, 1.54) is 10.4 Å². The summed E-state index contributed by atoms with van der Waals surface area (Å²) in [6.07, 6.45) is -4.64. The van der Waals surface area contributed by atoms with E-state index < -0.39 is 33.5 Å². The second kappa shape index (κ2) is 8.60. The number of carbonyl (C=O) groups excluding carboxylic acids is 2. The summed E-state index contributed by atoms with van der Waals surface area (Å²) in [5.41, 5.74) is -1.38. The van der Waals surface area contributed by atoms with Crippen LogP contribution in [0.3, 0.4) is 0 Å². The third kappa shape index (κ3) is 4.49. The molecule has 172 valence electrons. The van der Waals surface area contributed by atoms with Gasteiger partial charge in [0.1, 0.15) is 0 Å². The number of fused-ring (bicyclic) bond motifs is 1. The second-order valence-electron chi connectivity index (χ2n) is 7.58. The number of carbonyl (C=O) groups is 2. The highest BCUT2D eigenvalue weighted by atomic mass is 32.2. The van der Waals surface area contributed by atoms with Crippen molar-refractivity contribution in [3.63, 3.8) is 0 Å². The molecule has 0 atom stereocenters. The van der Waals surface area contributed by atoms with E-state index in [4.69, 9.17) is 0 Å². The summed E-state index contributed by atoms with van der Waals surface area (Å²) in [7, 11) is -3.85. The van der Waals surface area contributed by atoms with Gasteiger partial charge < -0.3 is 4.90 Å². The van der Waals surface area contributed by atoms with Crippen molar-refractivity contribution >= 4 is 32.5 Å². The Kier molecular flexibility index (Phi) is 5.98. The molecule has 0 aliphatic carbocycles. The molecule has 1 aliphatic rings. The number of nitrogens with zero attached hydrogens (tertiary/aromatic N) is 2. The van der Waals surface area contributed by atoms with E-state index in [0.717, 1.165) is 28.5 Å². The lowest BCUT2D eigenvalue weighted by Gasteiger charge is -2.33. The lowest BCUT2D eigenvalue weighted by molar-refractivity contribution is -0.137. The van der Waals surface area contributed by atoms with Crippen molar-refractivity contribution in [3.05, 3.63) is 77.9 Å². The monoisotopic (exact) mass is 476 g/mol. The third-order valence-corrected chi connectivity index (χ3v) is 7.50. The van der Waals surface area contributed by atoms with E-state index in [-0.39, 0.29) is 36.6 Å². The molecule has 0 unspecified atom stereocenters. The van der Waals surface area contributed by atoms with Crippen molar-refractivity contribution in [1.82, 2.24) is 9.21 Å². The molecule has 0 saturated carbocycles. The van der Waals surface area contributed by atoms with E-state index in [0.29, 0.717) is 11.5 Å². The van der Waals surface area contributed by atoms with E-state index in [9.17, 15) is 31.2 Å². The Morgan fingerprint density at radius 2 is 1.45 bits per heavy atom. The number of piperazine rings is 1. The first-order valence-corrected chi connectivity index (χ1v) is 11.5. The molecule has 0 aromatic heterocycles. The molecule has 1 fully saturated rings. The molecule has 3 aromatic carbocycles. The Morgan fingerprint density at radius 3 is 2.15 bits per heavy atom. The molecular weight excluding hydrogens is 457 g/mol. The number of benzene rings is 3. The van der Waals surface area contributed by atoms with Crippen LogP contribution in [0.4, 0.5) is 13.2 Å². The SMILES string of the molecule is O=C(C(=O)N1CCN(S(=O)(=O)c2cccc3ccccc23)CC1)c1cccc(C(F)(F)F)c1. The van der Waals surface area contributed by atoms with Crippen molar-refractivity contribution in [2.75, 3.05) is 26.2 Å². The maximum absolute atomic E-state index is 13.2. The highest BCUT2D eigenvalue weighted by molar-refractivity contribution is 7.89. The van der Waals surface area contributed by atoms with Gasteiger partial charge in [0.05, 0.1) is 10.5 Å². The first-order valence-electron chi connectivity index (χ1n) is 10.1. The standard InChI is InChI=1S/C23H19F3N2O4S/c24-23(25,26)18-8-3-7-17(15-18)21(29)22(30)27-11-13-28(14-12-27)33(31,32)20-10-4-6-16-5-1-2-9-19(16)20/h1-10,15H,11-14H2. The molecule has 6 nitrogen and oxygen atoms in total. The number of hydrogen-bond donors (Lipinski definition) is 0. The number of alkyl halides is 3. The number of amides is 1. The van der Waals surface area contributed by atoms with Gasteiger partial charge in [0.25, 0.3) is 5.91 Å². The molecule has 33 heavy (non-hydrogen) atoms. The van der Waals surface area contributed by atoms with Crippen molar-refractivity contribution in [3.8, 4) is 0 Å². The minimum absolute atomic E-state index is 0.0346. The zero-order valence-corrected chi connectivity index (χ0v) is 18.1. The number of hydrogen-bond acceptors (Lipinski definition) is 4. The Morgan fingerprint density at radius 1 is 0.818 bits per heavy atom. The minimum atomic E-state index is -4.64. The molecule has 0 N–H and O–H groups in total.